The Balaban J connectivity index is 2.06. The number of nitrogens with zero attached hydrogens (tertiary/aromatic N) is 1. The molecule has 2 rings (SSSR count). The van der Waals surface area contributed by atoms with E-state index >= 15 is 0 Å². The molecule has 0 radical (unpaired) electrons. The Labute approximate surface area is 91.4 Å². The third kappa shape index (κ3) is 2.60. The summed E-state index contributed by atoms with van der Waals surface area (Å²) in [6.07, 6.45) is 6.70. The molecule has 2 N–H and O–H groups in total. The van der Waals surface area contributed by atoms with E-state index in [-0.39, 0.29) is 0 Å². The third-order valence-corrected chi connectivity index (χ3v) is 2.81. The Morgan fingerprint density at radius 2 is 1.80 bits per heavy atom. The van der Waals surface area contributed by atoms with Gasteiger partial charge in [-0.25, -0.2) is 0 Å². The van der Waals surface area contributed by atoms with Crippen LogP contribution in [-0.4, -0.2) is 19.6 Å². The first-order chi connectivity index (χ1) is 7.40. The van der Waals surface area contributed by atoms with Gasteiger partial charge in [0.15, 0.2) is 0 Å². The van der Waals surface area contributed by atoms with E-state index < -0.39 is 0 Å². The average molecular weight is 202 g/mol. The summed E-state index contributed by atoms with van der Waals surface area (Å²) in [7, 11) is 0. The Bertz CT molecular complexity index is 321. The second kappa shape index (κ2) is 4.99. The van der Waals surface area contributed by atoms with Gasteiger partial charge >= 0.3 is 0 Å². The normalized spacial score (nSPS) is 16.5. The number of hydrogen-bond acceptors (Lipinski definition) is 2. The molecular formula is C13H18N2. The van der Waals surface area contributed by atoms with Crippen molar-refractivity contribution in [2.75, 3.05) is 24.5 Å². The number of nitrogens with two attached hydrogens (primary N) is 1. The molecule has 1 aromatic carbocycles. The average Bonchev–Trinajstić information content (AvgIpc) is 2.80. The van der Waals surface area contributed by atoms with Crippen molar-refractivity contribution in [3.63, 3.8) is 0 Å². The quantitative estimate of drug-likeness (QED) is 0.814. The summed E-state index contributed by atoms with van der Waals surface area (Å²) in [5.41, 5.74) is 7.98. The van der Waals surface area contributed by atoms with Crippen molar-refractivity contribution < 1.29 is 0 Å². The summed E-state index contributed by atoms with van der Waals surface area (Å²) in [6.45, 7) is 3.02. The second-order valence-electron chi connectivity index (χ2n) is 3.92. The Morgan fingerprint density at radius 3 is 2.40 bits per heavy atom. The topological polar surface area (TPSA) is 29.3 Å². The molecule has 2 heteroatoms. The van der Waals surface area contributed by atoms with Crippen molar-refractivity contribution in [3.05, 3.63) is 35.9 Å². The molecule has 0 unspecified atom stereocenters. The maximum Gasteiger partial charge on any atom is 0.0366 e. The van der Waals surface area contributed by atoms with Crippen molar-refractivity contribution in [2.24, 2.45) is 5.73 Å². The van der Waals surface area contributed by atoms with E-state index in [0.717, 1.165) is 0 Å². The van der Waals surface area contributed by atoms with Gasteiger partial charge in [0.05, 0.1) is 0 Å². The molecule has 1 aliphatic heterocycles. The first kappa shape index (κ1) is 10.2. The number of anilines is 1. The van der Waals surface area contributed by atoms with Crippen LogP contribution in [-0.2, 0) is 0 Å². The molecule has 1 aliphatic rings. The maximum atomic E-state index is 5.41. The molecule has 2 nitrogen and oxygen atoms in total. The van der Waals surface area contributed by atoms with Crippen LogP contribution >= 0.6 is 0 Å². The maximum absolute atomic E-state index is 5.41. The molecule has 80 valence electrons. The Kier molecular flexibility index (Phi) is 3.41. The molecule has 0 aliphatic carbocycles. The lowest BCUT2D eigenvalue weighted by atomic mass is 10.2. The standard InChI is InChI=1S/C13H18N2/c14-9-3-4-12-5-7-13(8-6-12)15-10-1-2-11-15/h3-8H,1-2,9-11,14H2/b4-3+. The molecule has 0 saturated carbocycles. The van der Waals surface area contributed by atoms with E-state index in [1.165, 1.54) is 37.2 Å². The van der Waals surface area contributed by atoms with Crippen molar-refractivity contribution in [1.29, 1.82) is 0 Å². The number of rotatable bonds is 3. The van der Waals surface area contributed by atoms with E-state index in [2.05, 4.69) is 35.2 Å². The highest BCUT2D eigenvalue weighted by Gasteiger charge is 2.11. The van der Waals surface area contributed by atoms with Crippen LogP contribution < -0.4 is 10.6 Å². The van der Waals surface area contributed by atoms with E-state index in [4.69, 9.17) is 5.73 Å². The van der Waals surface area contributed by atoms with Gasteiger partial charge in [0.2, 0.25) is 0 Å². The molecule has 1 aromatic rings. The highest BCUT2D eigenvalue weighted by atomic mass is 15.1. The minimum atomic E-state index is 0.605. The monoisotopic (exact) mass is 202 g/mol. The van der Waals surface area contributed by atoms with Gasteiger partial charge < -0.3 is 10.6 Å². The molecule has 1 heterocycles. The van der Waals surface area contributed by atoms with Gasteiger partial charge in [-0.15, -0.1) is 0 Å². The molecule has 1 fully saturated rings. The predicted molar refractivity (Wildman–Crippen MR) is 66.0 cm³/mol. The van der Waals surface area contributed by atoms with Crippen LogP contribution in [0.1, 0.15) is 18.4 Å². The van der Waals surface area contributed by atoms with Crippen molar-refractivity contribution >= 4 is 11.8 Å². The fourth-order valence-corrected chi connectivity index (χ4v) is 1.98. The molecule has 0 spiro atoms. The van der Waals surface area contributed by atoms with Gasteiger partial charge in [-0.1, -0.05) is 24.3 Å². The fourth-order valence-electron chi connectivity index (χ4n) is 1.98. The summed E-state index contributed by atoms with van der Waals surface area (Å²) in [5.74, 6) is 0. The largest absolute Gasteiger partial charge is 0.372 e. The van der Waals surface area contributed by atoms with Gasteiger partial charge in [0, 0.05) is 25.3 Å². The highest BCUT2D eigenvalue weighted by molar-refractivity contribution is 5.56. The minimum Gasteiger partial charge on any atom is -0.372 e. The third-order valence-electron chi connectivity index (χ3n) is 2.81. The molecule has 1 saturated heterocycles. The number of benzene rings is 1. The van der Waals surface area contributed by atoms with Gasteiger partial charge in [0.1, 0.15) is 0 Å². The van der Waals surface area contributed by atoms with E-state index in [1.54, 1.807) is 0 Å². The summed E-state index contributed by atoms with van der Waals surface area (Å²) < 4.78 is 0. The Morgan fingerprint density at radius 1 is 1.13 bits per heavy atom. The summed E-state index contributed by atoms with van der Waals surface area (Å²) >= 11 is 0. The van der Waals surface area contributed by atoms with Gasteiger partial charge in [-0.05, 0) is 30.5 Å². The van der Waals surface area contributed by atoms with E-state index in [9.17, 15) is 0 Å². The lowest BCUT2D eigenvalue weighted by molar-refractivity contribution is 0.949. The fraction of sp³-hybridized carbons (Fsp3) is 0.385. The van der Waals surface area contributed by atoms with Gasteiger partial charge in [-0.3, -0.25) is 0 Å². The molecular weight excluding hydrogens is 184 g/mol. The lowest BCUT2D eigenvalue weighted by Gasteiger charge is -2.17. The van der Waals surface area contributed by atoms with Crippen LogP contribution in [0.4, 0.5) is 5.69 Å². The van der Waals surface area contributed by atoms with Gasteiger partial charge in [0.25, 0.3) is 0 Å². The van der Waals surface area contributed by atoms with Crippen LogP contribution in [0.5, 0.6) is 0 Å². The van der Waals surface area contributed by atoms with Crippen molar-refractivity contribution in [2.45, 2.75) is 12.8 Å². The van der Waals surface area contributed by atoms with Crippen LogP contribution in [0, 0.1) is 0 Å². The smallest absolute Gasteiger partial charge is 0.0366 e. The molecule has 0 atom stereocenters. The number of hydrogen-bond donors (Lipinski definition) is 1. The Hall–Kier alpha value is -1.28. The molecule has 0 aromatic heterocycles. The molecule has 15 heavy (non-hydrogen) atoms. The zero-order chi connectivity index (χ0) is 10.5. The predicted octanol–water partition coefficient (Wildman–Crippen LogP) is 2.26. The lowest BCUT2D eigenvalue weighted by Crippen LogP contribution is -2.17. The van der Waals surface area contributed by atoms with Crippen LogP contribution in [0.3, 0.4) is 0 Å². The summed E-state index contributed by atoms with van der Waals surface area (Å²) in [6, 6.07) is 8.70. The van der Waals surface area contributed by atoms with E-state index in [0.29, 0.717) is 6.54 Å². The first-order valence-electron chi connectivity index (χ1n) is 5.62. The van der Waals surface area contributed by atoms with E-state index in [1.807, 2.05) is 6.08 Å². The second-order valence-corrected chi connectivity index (χ2v) is 3.92. The van der Waals surface area contributed by atoms with Crippen LogP contribution in [0.25, 0.3) is 6.08 Å². The van der Waals surface area contributed by atoms with Crippen molar-refractivity contribution in [1.82, 2.24) is 0 Å². The highest BCUT2D eigenvalue weighted by Crippen LogP contribution is 2.20. The SMILES string of the molecule is NC/C=C/c1ccc(N2CCCC2)cc1. The summed E-state index contributed by atoms with van der Waals surface area (Å²) in [5, 5.41) is 0. The van der Waals surface area contributed by atoms with Crippen molar-refractivity contribution in [3.8, 4) is 0 Å². The zero-order valence-electron chi connectivity index (χ0n) is 9.02. The minimum absolute atomic E-state index is 0.605. The molecule has 0 bridgehead atoms. The molecule has 0 amide bonds. The van der Waals surface area contributed by atoms with Gasteiger partial charge in [-0.2, -0.15) is 0 Å². The van der Waals surface area contributed by atoms with Crippen LogP contribution in [0.2, 0.25) is 0 Å². The zero-order valence-corrected chi connectivity index (χ0v) is 9.02. The first-order valence-corrected chi connectivity index (χ1v) is 5.62. The van der Waals surface area contributed by atoms with Crippen LogP contribution in [0.15, 0.2) is 30.3 Å². The summed E-state index contributed by atoms with van der Waals surface area (Å²) in [4.78, 5) is 2.44.